The van der Waals surface area contributed by atoms with Crippen molar-refractivity contribution in [2.24, 2.45) is 5.73 Å². The fourth-order valence-corrected chi connectivity index (χ4v) is 4.18. The Morgan fingerprint density at radius 1 is 1.13 bits per heavy atom. The second-order valence-corrected chi connectivity index (χ2v) is 8.42. The number of carbonyl (C=O) groups is 1. The van der Waals surface area contributed by atoms with Crippen LogP contribution in [0, 0.1) is 0 Å². The molecule has 7 nitrogen and oxygen atoms in total. The van der Waals surface area contributed by atoms with Crippen LogP contribution in [0.2, 0.25) is 0 Å². The Balaban J connectivity index is 1.66. The summed E-state index contributed by atoms with van der Waals surface area (Å²) in [7, 11) is 0. The molecule has 3 aromatic rings. The number of hydrogen-bond donors (Lipinski definition) is 3. The Morgan fingerprint density at radius 2 is 2.00 bits per heavy atom. The van der Waals surface area contributed by atoms with Crippen molar-refractivity contribution in [3.8, 4) is 11.1 Å². The molecule has 2 aromatic heterocycles. The van der Waals surface area contributed by atoms with E-state index in [-0.39, 0.29) is 18.0 Å². The maximum atomic E-state index is 13.2. The number of nitrogens with one attached hydrogen (secondary N) is 2. The Hall–Kier alpha value is -2.97. The lowest BCUT2D eigenvalue weighted by molar-refractivity contribution is 0.0922. The van der Waals surface area contributed by atoms with Gasteiger partial charge in [0.2, 0.25) is 0 Å². The van der Waals surface area contributed by atoms with Gasteiger partial charge in [-0.2, -0.15) is 0 Å². The number of nitrogens with zero attached hydrogens (tertiary/aromatic N) is 3. The minimum absolute atomic E-state index is 0.00221. The third-order valence-electron chi connectivity index (χ3n) is 5.51. The van der Waals surface area contributed by atoms with E-state index in [1.54, 1.807) is 30.2 Å². The summed E-state index contributed by atoms with van der Waals surface area (Å²) in [4.78, 5) is 25.9. The summed E-state index contributed by atoms with van der Waals surface area (Å²) >= 11 is 1.58. The molecule has 0 bridgehead atoms. The molecule has 4 N–H and O–H groups in total. The maximum Gasteiger partial charge on any atom is 0.252 e. The molecule has 2 unspecified atom stereocenters. The van der Waals surface area contributed by atoms with Crippen LogP contribution >= 0.6 is 11.8 Å². The van der Waals surface area contributed by atoms with Crippen LogP contribution in [0.25, 0.3) is 11.1 Å². The van der Waals surface area contributed by atoms with Crippen molar-refractivity contribution in [3.05, 3.63) is 60.7 Å². The predicted molar refractivity (Wildman–Crippen MR) is 124 cm³/mol. The van der Waals surface area contributed by atoms with Gasteiger partial charge in [0.05, 0.1) is 5.03 Å². The third kappa shape index (κ3) is 5.21. The van der Waals surface area contributed by atoms with Crippen LogP contribution in [0.3, 0.4) is 0 Å². The molecule has 0 saturated heterocycles. The quantitative estimate of drug-likeness (QED) is 0.504. The number of carbonyl (C=O) groups excluding carboxylic acids is 1. The highest BCUT2D eigenvalue weighted by atomic mass is 32.2. The first-order chi connectivity index (χ1) is 15.1. The Labute approximate surface area is 186 Å². The van der Waals surface area contributed by atoms with E-state index < -0.39 is 0 Å². The number of thioether (sulfide) groups is 1. The fraction of sp³-hybridized carbons (Fsp3) is 0.304. The molecule has 2 heterocycles. The fourth-order valence-electron chi connectivity index (χ4n) is 3.82. The van der Waals surface area contributed by atoms with Gasteiger partial charge < -0.3 is 16.4 Å². The Bertz CT molecular complexity index is 1030. The smallest absolute Gasteiger partial charge is 0.252 e. The third-order valence-corrected chi connectivity index (χ3v) is 6.17. The van der Waals surface area contributed by atoms with Crippen molar-refractivity contribution >= 4 is 29.2 Å². The zero-order chi connectivity index (χ0) is 21.6. The van der Waals surface area contributed by atoms with E-state index in [1.807, 2.05) is 36.6 Å². The highest BCUT2D eigenvalue weighted by Gasteiger charge is 2.25. The number of nitrogens with two attached hydrogens (primary N) is 1. The monoisotopic (exact) mass is 434 g/mol. The van der Waals surface area contributed by atoms with E-state index in [0.29, 0.717) is 11.4 Å². The van der Waals surface area contributed by atoms with Crippen LogP contribution in [0.15, 0.2) is 60.1 Å². The van der Waals surface area contributed by atoms with Gasteiger partial charge in [0.25, 0.3) is 5.91 Å². The number of benzene rings is 1. The van der Waals surface area contributed by atoms with Gasteiger partial charge in [0, 0.05) is 41.3 Å². The maximum absolute atomic E-state index is 13.2. The topological polar surface area (TPSA) is 106 Å². The number of amides is 1. The van der Waals surface area contributed by atoms with Crippen molar-refractivity contribution < 1.29 is 4.79 Å². The lowest BCUT2D eigenvalue weighted by atomic mass is 9.90. The molecule has 1 aromatic carbocycles. The zero-order valence-corrected chi connectivity index (χ0v) is 18.2. The lowest BCUT2D eigenvalue weighted by Crippen LogP contribution is -2.49. The van der Waals surface area contributed by atoms with Gasteiger partial charge in [-0.05, 0) is 55.0 Å². The molecule has 0 spiro atoms. The molecule has 4 rings (SSSR count). The van der Waals surface area contributed by atoms with E-state index in [9.17, 15) is 4.79 Å². The van der Waals surface area contributed by atoms with Crippen molar-refractivity contribution in [1.82, 2.24) is 20.3 Å². The molecule has 2 atom stereocenters. The van der Waals surface area contributed by atoms with Crippen molar-refractivity contribution in [2.45, 2.75) is 42.8 Å². The molecular formula is C23H26N6OS. The van der Waals surface area contributed by atoms with Crippen molar-refractivity contribution in [3.63, 3.8) is 0 Å². The Morgan fingerprint density at radius 3 is 2.71 bits per heavy atom. The predicted octanol–water partition coefficient (Wildman–Crippen LogP) is 4.00. The van der Waals surface area contributed by atoms with Gasteiger partial charge in [0.1, 0.15) is 12.1 Å². The van der Waals surface area contributed by atoms with E-state index in [4.69, 9.17) is 5.73 Å². The summed E-state index contributed by atoms with van der Waals surface area (Å²) in [5.41, 5.74) is 9.36. The summed E-state index contributed by atoms with van der Waals surface area (Å²) in [6.07, 6.45) is 11.0. The molecule has 1 amide bonds. The van der Waals surface area contributed by atoms with Gasteiger partial charge >= 0.3 is 0 Å². The summed E-state index contributed by atoms with van der Waals surface area (Å²) in [5.74, 6) is 0.571. The number of rotatable bonds is 6. The molecular weight excluding hydrogens is 408 g/mol. The van der Waals surface area contributed by atoms with Crippen molar-refractivity contribution in [1.29, 1.82) is 0 Å². The van der Waals surface area contributed by atoms with Crippen LogP contribution < -0.4 is 16.4 Å². The summed E-state index contributed by atoms with van der Waals surface area (Å²) in [5, 5.41) is 7.35. The van der Waals surface area contributed by atoms with E-state index in [0.717, 1.165) is 47.5 Å². The molecule has 0 aliphatic heterocycles. The number of aromatic nitrogens is 3. The van der Waals surface area contributed by atoms with Crippen LogP contribution in [0.1, 0.15) is 36.0 Å². The number of anilines is 2. The summed E-state index contributed by atoms with van der Waals surface area (Å²) in [6.45, 7) is 0. The van der Waals surface area contributed by atoms with Gasteiger partial charge in [-0.15, -0.1) is 11.8 Å². The van der Waals surface area contributed by atoms with Crippen LogP contribution in [0.4, 0.5) is 11.5 Å². The molecule has 31 heavy (non-hydrogen) atoms. The average molecular weight is 435 g/mol. The highest BCUT2D eigenvalue weighted by molar-refractivity contribution is 7.98. The SMILES string of the molecule is CSc1ccc(-c2cc(Nc3ccncn3)ccc2C(=O)NC2CCCCC2N)cn1. The van der Waals surface area contributed by atoms with E-state index in [1.165, 1.54) is 6.33 Å². The molecule has 160 valence electrons. The average Bonchev–Trinajstić information content (AvgIpc) is 2.81. The van der Waals surface area contributed by atoms with Crippen LogP contribution in [-0.2, 0) is 0 Å². The number of pyridine rings is 1. The molecule has 1 aliphatic rings. The highest BCUT2D eigenvalue weighted by Crippen LogP contribution is 2.29. The van der Waals surface area contributed by atoms with E-state index in [2.05, 4.69) is 25.6 Å². The first-order valence-corrected chi connectivity index (χ1v) is 11.6. The van der Waals surface area contributed by atoms with Gasteiger partial charge in [-0.25, -0.2) is 15.0 Å². The lowest BCUT2D eigenvalue weighted by Gasteiger charge is -2.29. The molecule has 8 heteroatoms. The first kappa shape index (κ1) is 21.3. The second-order valence-electron chi connectivity index (χ2n) is 7.60. The second kappa shape index (κ2) is 9.89. The van der Waals surface area contributed by atoms with E-state index >= 15 is 0 Å². The van der Waals surface area contributed by atoms with Gasteiger partial charge in [-0.1, -0.05) is 18.9 Å². The summed E-state index contributed by atoms with van der Waals surface area (Å²) in [6, 6.07) is 11.4. The number of hydrogen-bond acceptors (Lipinski definition) is 7. The Kier molecular flexibility index (Phi) is 6.79. The van der Waals surface area contributed by atoms with Gasteiger partial charge in [0.15, 0.2) is 0 Å². The minimum atomic E-state index is -0.111. The summed E-state index contributed by atoms with van der Waals surface area (Å²) < 4.78 is 0. The van der Waals surface area contributed by atoms with Crippen molar-refractivity contribution in [2.75, 3.05) is 11.6 Å². The zero-order valence-electron chi connectivity index (χ0n) is 17.4. The minimum Gasteiger partial charge on any atom is -0.348 e. The first-order valence-electron chi connectivity index (χ1n) is 10.4. The van der Waals surface area contributed by atoms with Crippen LogP contribution in [0.5, 0.6) is 0 Å². The largest absolute Gasteiger partial charge is 0.348 e. The van der Waals surface area contributed by atoms with Gasteiger partial charge in [-0.3, -0.25) is 4.79 Å². The van der Waals surface area contributed by atoms with Crippen LogP contribution in [-0.4, -0.2) is 39.2 Å². The molecule has 1 fully saturated rings. The normalized spacial score (nSPS) is 18.4. The standard InChI is InChI=1S/C23H26N6OS/c1-31-22-9-6-15(13-26-22)18-12-16(28-21-10-11-25-14-27-21)7-8-17(18)23(30)29-20-5-3-2-4-19(20)24/h6-14,19-20H,2-5,24H2,1H3,(H,29,30)(H,25,27,28). The molecule has 1 aliphatic carbocycles. The molecule has 1 saturated carbocycles. The molecule has 0 radical (unpaired) electrons.